The van der Waals surface area contributed by atoms with Gasteiger partial charge in [-0.25, -0.2) is 4.39 Å². The van der Waals surface area contributed by atoms with Gasteiger partial charge in [0.15, 0.2) is 0 Å². The van der Waals surface area contributed by atoms with Crippen molar-refractivity contribution in [3.8, 4) is 5.75 Å². The maximum absolute atomic E-state index is 13.5. The van der Waals surface area contributed by atoms with E-state index >= 15 is 0 Å². The van der Waals surface area contributed by atoms with Gasteiger partial charge in [0, 0.05) is 23.1 Å². The lowest BCUT2D eigenvalue weighted by molar-refractivity contribution is -0.137. The van der Waals surface area contributed by atoms with Crippen LogP contribution in [0.3, 0.4) is 0 Å². The Morgan fingerprint density at radius 3 is 2.73 bits per heavy atom. The number of aryl methyl sites for hydroxylation is 1. The summed E-state index contributed by atoms with van der Waals surface area (Å²) >= 11 is 0. The van der Waals surface area contributed by atoms with Gasteiger partial charge in [-0.1, -0.05) is 6.07 Å². The third-order valence-corrected chi connectivity index (χ3v) is 4.56. The number of halogens is 4. The monoisotopic (exact) mass is 424 g/mol. The molecule has 3 N–H and O–H groups in total. The first kappa shape index (κ1) is 21.6. The van der Waals surface area contributed by atoms with Crippen LogP contribution in [0.15, 0.2) is 42.5 Å². The number of ether oxygens (including phenoxy) is 1. The molecule has 1 heterocycles. The predicted molar refractivity (Wildman–Crippen MR) is 103 cm³/mol. The van der Waals surface area contributed by atoms with Crippen LogP contribution in [-0.2, 0) is 17.4 Å². The number of hydrogen-bond acceptors (Lipinski definition) is 3. The Bertz CT molecular complexity index is 1050. The van der Waals surface area contributed by atoms with Crippen molar-refractivity contribution >= 4 is 16.8 Å². The van der Waals surface area contributed by atoms with Crippen LogP contribution in [0, 0.1) is 12.7 Å². The first-order valence-corrected chi connectivity index (χ1v) is 9.15. The normalized spacial score (nSPS) is 12.7. The number of nitrogens with one attached hydrogen (secondary N) is 2. The lowest BCUT2D eigenvalue weighted by atomic mass is 10.1. The number of rotatable bonds is 7. The Morgan fingerprint density at radius 1 is 1.23 bits per heavy atom. The first-order valence-electron chi connectivity index (χ1n) is 9.15. The Kier molecular flexibility index (Phi) is 6.31. The lowest BCUT2D eigenvalue weighted by Gasteiger charge is -2.14. The van der Waals surface area contributed by atoms with Gasteiger partial charge in [0.2, 0.25) is 5.91 Å². The van der Waals surface area contributed by atoms with E-state index in [-0.39, 0.29) is 31.2 Å². The van der Waals surface area contributed by atoms with Crippen molar-refractivity contribution < 1.29 is 32.2 Å². The molecule has 1 atom stereocenters. The summed E-state index contributed by atoms with van der Waals surface area (Å²) in [6.07, 6.45) is -5.63. The molecule has 0 radical (unpaired) electrons. The minimum absolute atomic E-state index is 0.0174. The fraction of sp³-hybridized carbons (Fsp3) is 0.286. The number of aliphatic hydroxyl groups is 1. The average Bonchev–Trinajstić information content (AvgIpc) is 2.99. The van der Waals surface area contributed by atoms with Crippen LogP contribution in [0.5, 0.6) is 5.75 Å². The number of aromatic amines is 1. The van der Waals surface area contributed by atoms with Crippen molar-refractivity contribution in [2.24, 2.45) is 0 Å². The molecule has 0 aliphatic rings. The quantitative estimate of drug-likeness (QED) is 0.506. The summed E-state index contributed by atoms with van der Waals surface area (Å²) in [6, 6.07) is 8.57. The maximum Gasteiger partial charge on any atom is 0.416 e. The highest BCUT2D eigenvalue weighted by Crippen LogP contribution is 2.31. The van der Waals surface area contributed by atoms with Crippen LogP contribution in [0.25, 0.3) is 10.9 Å². The minimum atomic E-state index is -4.49. The molecule has 0 spiro atoms. The SMILES string of the molecule is Cc1[nH]c2ccc(F)cc2c1CC(=O)NCC(O)COc1cccc(C(F)(F)F)c1. The maximum atomic E-state index is 13.5. The largest absolute Gasteiger partial charge is 0.491 e. The van der Waals surface area contributed by atoms with Gasteiger partial charge < -0.3 is 20.1 Å². The summed E-state index contributed by atoms with van der Waals surface area (Å²) in [4.78, 5) is 15.3. The van der Waals surface area contributed by atoms with Crippen molar-refractivity contribution in [3.05, 3.63) is 65.1 Å². The van der Waals surface area contributed by atoms with Gasteiger partial charge in [-0.2, -0.15) is 13.2 Å². The molecule has 1 aromatic heterocycles. The molecule has 0 saturated heterocycles. The lowest BCUT2D eigenvalue weighted by Crippen LogP contribution is -2.36. The second kappa shape index (κ2) is 8.74. The van der Waals surface area contributed by atoms with Gasteiger partial charge in [0.25, 0.3) is 0 Å². The first-order chi connectivity index (χ1) is 14.1. The van der Waals surface area contributed by atoms with Crippen molar-refractivity contribution in [3.63, 3.8) is 0 Å². The third-order valence-electron chi connectivity index (χ3n) is 4.56. The number of alkyl halides is 3. The molecule has 0 fully saturated rings. The van der Waals surface area contributed by atoms with Gasteiger partial charge in [-0.3, -0.25) is 4.79 Å². The molecule has 3 aromatic rings. The fourth-order valence-electron chi connectivity index (χ4n) is 3.05. The van der Waals surface area contributed by atoms with E-state index in [0.29, 0.717) is 16.5 Å². The van der Waals surface area contributed by atoms with Crippen molar-refractivity contribution in [1.29, 1.82) is 0 Å². The number of amides is 1. The molecule has 1 amide bonds. The molecule has 160 valence electrons. The summed E-state index contributed by atoms with van der Waals surface area (Å²) in [5.41, 5.74) is 1.25. The molecule has 0 saturated carbocycles. The van der Waals surface area contributed by atoms with Crippen LogP contribution in [0.4, 0.5) is 17.6 Å². The minimum Gasteiger partial charge on any atom is -0.491 e. The number of aromatic nitrogens is 1. The van der Waals surface area contributed by atoms with Gasteiger partial charge in [-0.15, -0.1) is 0 Å². The topological polar surface area (TPSA) is 74.4 Å². The number of benzene rings is 2. The second-order valence-electron chi connectivity index (χ2n) is 6.89. The molecule has 30 heavy (non-hydrogen) atoms. The van der Waals surface area contributed by atoms with Crippen molar-refractivity contribution in [1.82, 2.24) is 10.3 Å². The van der Waals surface area contributed by atoms with Gasteiger partial charge >= 0.3 is 6.18 Å². The summed E-state index contributed by atoms with van der Waals surface area (Å²) in [6.45, 7) is 1.34. The predicted octanol–water partition coefficient (Wildman–Crippen LogP) is 3.73. The number of carbonyl (C=O) groups is 1. The Morgan fingerprint density at radius 2 is 2.00 bits per heavy atom. The zero-order chi connectivity index (χ0) is 21.9. The molecule has 3 rings (SSSR count). The second-order valence-corrected chi connectivity index (χ2v) is 6.89. The highest BCUT2D eigenvalue weighted by atomic mass is 19.4. The number of carbonyl (C=O) groups excluding carboxylic acids is 1. The zero-order valence-corrected chi connectivity index (χ0v) is 16.0. The molecule has 0 bridgehead atoms. The summed E-state index contributed by atoms with van der Waals surface area (Å²) in [5.74, 6) is -0.835. The molecule has 0 aliphatic carbocycles. The average molecular weight is 424 g/mol. The van der Waals surface area contributed by atoms with Crippen LogP contribution >= 0.6 is 0 Å². The van der Waals surface area contributed by atoms with Crippen LogP contribution < -0.4 is 10.1 Å². The molecule has 2 aromatic carbocycles. The Hall–Kier alpha value is -3.07. The van der Waals surface area contributed by atoms with E-state index in [1.807, 2.05) is 0 Å². The number of H-pyrrole nitrogens is 1. The number of aliphatic hydroxyl groups excluding tert-OH is 1. The molecular weight excluding hydrogens is 404 g/mol. The van der Waals surface area contributed by atoms with Gasteiger partial charge in [0.1, 0.15) is 24.3 Å². The van der Waals surface area contributed by atoms with Gasteiger partial charge in [0.05, 0.1) is 12.0 Å². The number of hydrogen-bond donors (Lipinski definition) is 3. The molecular formula is C21H20F4N2O3. The summed E-state index contributed by atoms with van der Waals surface area (Å²) in [5, 5.41) is 13.1. The summed E-state index contributed by atoms with van der Waals surface area (Å²) in [7, 11) is 0. The van der Waals surface area contributed by atoms with E-state index in [1.165, 1.54) is 24.3 Å². The smallest absolute Gasteiger partial charge is 0.416 e. The highest BCUT2D eigenvalue weighted by molar-refractivity contribution is 5.90. The Labute approximate surface area is 169 Å². The molecule has 0 aliphatic heterocycles. The standard InChI is InChI=1S/C21H20F4N2O3/c1-12-17(18-8-14(22)5-6-19(18)27-12)9-20(29)26-10-15(28)11-30-16-4-2-3-13(7-16)21(23,24)25/h2-8,15,27-28H,9-11H2,1H3,(H,26,29). The number of fused-ring (bicyclic) bond motifs is 1. The van der Waals surface area contributed by atoms with Crippen molar-refractivity contribution in [2.75, 3.05) is 13.2 Å². The van der Waals surface area contributed by atoms with Crippen LogP contribution in [0.2, 0.25) is 0 Å². The van der Waals surface area contributed by atoms with E-state index in [2.05, 4.69) is 10.3 Å². The fourth-order valence-corrected chi connectivity index (χ4v) is 3.05. The third kappa shape index (κ3) is 5.29. The summed E-state index contributed by atoms with van der Waals surface area (Å²) < 4.78 is 56.8. The molecule has 9 heteroatoms. The van der Waals surface area contributed by atoms with E-state index in [9.17, 15) is 27.5 Å². The van der Waals surface area contributed by atoms with E-state index in [4.69, 9.17) is 4.74 Å². The van der Waals surface area contributed by atoms with E-state index in [0.717, 1.165) is 17.8 Å². The zero-order valence-electron chi connectivity index (χ0n) is 16.0. The van der Waals surface area contributed by atoms with E-state index < -0.39 is 23.7 Å². The van der Waals surface area contributed by atoms with Gasteiger partial charge in [-0.05, 0) is 48.9 Å². The Balaban J connectivity index is 1.52. The van der Waals surface area contributed by atoms with E-state index in [1.54, 1.807) is 13.0 Å². The molecule has 1 unspecified atom stereocenters. The molecule has 5 nitrogen and oxygen atoms in total. The van der Waals surface area contributed by atoms with Crippen LogP contribution in [0.1, 0.15) is 16.8 Å². The van der Waals surface area contributed by atoms with Crippen LogP contribution in [-0.4, -0.2) is 35.3 Å². The highest BCUT2D eigenvalue weighted by Gasteiger charge is 2.30. The van der Waals surface area contributed by atoms with Crippen molar-refractivity contribution in [2.45, 2.75) is 25.6 Å².